The highest BCUT2D eigenvalue weighted by atomic mass is 35.5. The Hall–Kier alpha value is -1.91. The smallest absolute Gasteiger partial charge is 0.339 e. The van der Waals surface area contributed by atoms with Crippen LogP contribution >= 0.6 is 23.4 Å². The highest BCUT2D eigenvalue weighted by Gasteiger charge is 2.19. The predicted molar refractivity (Wildman–Crippen MR) is 84.2 cm³/mol. The summed E-state index contributed by atoms with van der Waals surface area (Å²) in [7, 11) is 0. The Labute approximate surface area is 130 Å². The average Bonchev–Trinajstić information content (AvgIpc) is 2.83. The van der Waals surface area contributed by atoms with Crippen molar-refractivity contribution in [2.45, 2.75) is 10.6 Å². The Bertz CT molecular complexity index is 810. The summed E-state index contributed by atoms with van der Waals surface area (Å²) in [6, 6.07) is 14.6. The lowest BCUT2D eigenvalue weighted by molar-refractivity contribution is 0.0697. The highest BCUT2D eigenvalue weighted by Crippen LogP contribution is 2.31. The van der Waals surface area contributed by atoms with Crippen LogP contribution in [0.3, 0.4) is 0 Å². The summed E-state index contributed by atoms with van der Waals surface area (Å²) in [6.07, 6.45) is 0. The normalized spacial score (nSPS) is 10.9. The number of carboxylic acid groups (broad SMARTS) is 1. The molecule has 0 aliphatic carbocycles. The van der Waals surface area contributed by atoms with E-state index in [-0.39, 0.29) is 5.56 Å². The number of aromatic carboxylic acids is 1. The van der Waals surface area contributed by atoms with Gasteiger partial charge in [-0.15, -0.1) is 11.8 Å². The van der Waals surface area contributed by atoms with Gasteiger partial charge in [0.25, 0.3) is 0 Å². The number of carbonyl (C=O) groups is 1. The number of fused-ring (bicyclic) bond motifs is 1. The van der Waals surface area contributed by atoms with Gasteiger partial charge < -0.3 is 9.52 Å². The molecule has 0 spiro atoms. The minimum atomic E-state index is -0.971. The van der Waals surface area contributed by atoms with Gasteiger partial charge in [-0.1, -0.05) is 35.9 Å². The lowest BCUT2D eigenvalue weighted by Crippen LogP contribution is -1.98. The Morgan fingerprint density at radius 1 is 1.19 bits per heavy atom. The van der Waals surface area contributed by atoms with Crippen LogP contribution in [-0.4, -0.2) is 11.1 Å². The van der Waals surface area contributed by atoms with Crippen LogP contribution in [0.4, 0.5) is 0 Å². The van der Waals surface area contributed by atoms with Gasteiger partial charge >= 0.3 is 5.97 Å². The molecule has 0 atom stereocenters. The zero-order valence-electron chi connectivity index (χ0n) is 10.9. The van der Waals surface area contributed by atoms with Gasteiger partial charge in [0.05, 0.1) is 5.75 Å². The molecule has 0 unspecified atom stereocenters. The molecule has 0 aliphatic heterocycles. The number of hydrogen-bond donors (Lipinski definition) is 1. The maximum atomic E-state index is 11.5. The van der Waals surface area contributed by atoms with Crippen molar-refractivity contribution < 1.29 is 14.3 Å². The minimum Gasteiger partial charge on any atom is -0.478 e. The van der Waals surface area contributed by atoms with Gasteiger partial charge in [-0.05, 0) is 24.3 Å². The van der Waals surface area contributed by atoms with Crippen LogP contribution in [0.2, 0.25) is 5.02 Å². The van der Waals surface area contributed by atoms with Gasteiger partial charge in [-0.2, -0.15) is 0 Å². The molecule has 106 valence electrons. The molecule has 0 fully saturated rings. The Balaban J connectivity index is 1.93. The fourth-order valence-electron chi connectivity index (χ4n) is 2.14. The Morgan fingerprint density at radius 3 is 2.76 bits per heavy atom. The van der Waals surface area contributed by atoms with Crippen LogP contribution < -0.4 is 0 Å². The fraction of sp³-hybridized carbons (Fsp3) is 0.0625. The third-order valence-corrected chi connectivity index (χ3v) is 4.28. The molecule has 1 heterocycles. The molecule has 1 N–H and O–H groups in total. The molecular formula is C16H11ClO3S. The lowest BCUT2D eigenvalue weighted by atomic mass is 10.1. The van der Waals surface area contributed by atoms with Crippen molar-refractivity contribution in [3.8, 4) is 0 Å². The second-order valence-electron chi connectivity index (χ2n) is 4.45. The van der Waals surface area contributed by atoms with Crippen molar-refractivity contribution in [3.05, 3.63) is 64.9 Å². The molecule has 3 aromatic rings. The molecule has 0 aliphatic rings. The monoisotopic (exact) mass is 318 g/mol. The van der Waals surface area contributed by atoms with Crippen molar-refractivity contribution in [1.82, 2.24) is 0 Å². The lowest BCUT2D eigenvalue weighted by Gasteiger charge is -2.01. The summed E-state index contributed by atoms with van der Waals surface area (Å²) in [4.78, 5) is 12.4. The molecule has 0 bridgehead atoms. The number of thioether (sulfide) groups is 1. The zero-order chi connectivity index (χ0) is 14.8. The highest BCUT2D eigenvalue weighted by molar-refractivity contribution is 7.98. The average molecular weight is 319 g/mol. The number of benzene rings is 2. The number of halogens is 1. The summed E-state index contributed by atoms with van der Waals surface area (Å²) < 4.78 is 5.68. The van der Waals surface area contributed by atoms with E-state index in [9.17, 15) is 9.90 Å². The second kappa shape index (κ2) is 5.84. The minimum absolute atomic E-state index is 0.236. The quantitative estimate of drug-likeness (QED) is 0.682. The molecule has 0 saturated carbocycles. The first-order chi connectivity index (χ1) is 10.1. The van der Waals surface area contributed by atoms with Crippen molar-refractivity contribution >= 4 is 40.3 Å². The number of para-hydroxylation sites is 1. The summed E-state index contributed by atoms with van der Waals surface area (Å²) in [6.45, 7) is 0. The van der Waals surface area contributed by atoms with Crippen LogP contribution in [0, 0.1) is 0 Å². The number of furan rings is 1. The molecule has 1 aromatic heterocycles. The summed E-state index contributed by atoms with van der Waals surface area (Å²) in [5.41, 5.74) is 0.830. The van der Waals surface area contributed by atoms with Gasteiger partial charge in [0.1, 0.15) is 16.9 Å². The van der Waals surface area contributed by atoms with E-state index in [4.69, 9.17) is 16.0 Å². The van der Waals surface area contributed by atoms with Crippen LogP contribution in [0.25, 0.3) is 11.0 Å². The maximum absolute atomic E-state index is 11.5. The molecule has 0 saturated heterocycles. The van der Waals surface area contributed by atoms with E-state index >= 15 is 0 Å². The number of carboxylic acids is 1. The summed E-state index contributed by atoms with van der Waals surface area (Å²) in [5, 5.41) is 10.7. The Morgan fingerprint density at radius 2 is 2.00 bits per heavy atom. The van der Waals surface area contributed by atoms with Gasteiger partial charge in [-0.3, -0.25) is 0 Å². The molecular weight excluding hydrogens is 308 g/mol. The van der Waals surface area contributed by atoms with Gasteiger partial charge in [-0.25, -0.2) is 4.79 Å². The third-order valence-electron chi connectivity index (χ3n) is 3.05. The second-order valence-corrected chi connectivity index (χ2v) is 5.93. The van der Waals surface area contributed by atoms with Crippen LogP contribution in [0.1, 0.15) is 16.1 Å². The SMILES string of the molecule is O=C(O)c1c(CSc2cccc(Cl)c2)oc2ccccc12. The van der Waals surface area contributed by atoms with Crippen molar-refractivity contribution in [3.63, 3.8) is 0 Å². The molecule has 21 heavy (non-hydrogen) atoms. The van der Waals surface area contributed by atoms with Gasteiger partial charge in [0.15, 0.2) is 0 Å². The predicted octanol–water partition coefficient (Wildman–Crippen LogP) is 5.08. The van der Waals surface area contributed by atoms with E-state index in [0.717, 1.165) is 4.90 Å². The van der Waals surface area contributed by atoms with Gasteiger partial charge in [0.2, 0.25) is 0 Å². The first kappa shape index (κ1) is 14.0. The standard InChI is InChI=1S/C16H11ClO3S/c17-10-4-3-5-11(8-10)21-9-14-15(16(18)19)12-6-1-2-7-13(12)20-14/h1-8H,9H2,(H,18,19). The van der Waals surface area contributed by atoms with Crippen LogP contribution in [0.5, 0.6) is 0 Å². The summed E-state index contributed by atoms with van der Waals surface area (Å²) >= 11 is 7.43. The molecule has 2 aromatic carbocycles. The third kappa shape index (κ3) is 2.91. The molecule has 3 nitrogen and oxygen atoms in total. The molecule has 0 amide bonds. The number of rotatable bonds is 4. The fourth-order valence-corrected chi connectivity index (χ4v) is 3.28. The van der Waals surface area contributed by atoms with E-state index in [0.29, 0.717) is 27.5 Å². The first-order valence-electron chi connectivity index (χ1n) is 6.27. The van der Waals surface area contributed by atoms with Crippen LogP contribution in [0.15, 0.2) is 57.8 Å². The zero-order valence-corrected chi connectivity index (χ0v) is 12.4. The van der Waals surface area contributed by atoms with E-state index < -0.39 is 5.97 Å². The molecule has 3 rings (SSSR count). The summed E-state index contributed by atoms with van der Waals surface area (Å²) in [5.74, 6) is -0.0632. The molecule has 0 radical (unpaired) electrons. The van der Waals surface area contributed by atoms with Crippen LogP contribution in [-0.2, 0) is 5.75 Å². The largest absolute Gasteiger partial charge is 0.478 e. The van der Waals surface area contributed by atoms with Crippen molar-refractivity contribution in [1.29, 1.82) is 0 Å². The van der Waals surface area contributed by atoms with Gasteiger partial charge in [0, 0.05) is 15.3 Å². The van der Waals surface area contributed by atoms with E-state index in [1.54, 1.807) is 24.3 Å². The van der Waals surface area contributed by atoms with E-state index in [1.807, 2.05) is 24.3 Å². The molecule has 5 heteroatoms. The van der Waals surface area contributed by atoms with Crippen molar-refractivity contribution in [2.75, 3.05) is 0 Å². The van der Waals surface area contributed by atoms with Crippen molar-refractivity contribution in [2.24, 2.45) is 0 Å². The first-order valence-corrected chi connectivity index (χ1v) is 7.63. The topological polar surface area (TPSA) is 50.4 Å². The maximum Gasteiger partial charge on any atom is 0.339 e. The number of hydrogen-bond acceptors (Lipinski definition) is 3. The van der Waals surface area contributed by atoms with E-state index in [1.165, 1.54) is 11.8 Å². The van der Waals surface area contributed by atoms with E-state index in [2.05, 4.69) is 0 Å². The Kier molecular flexibility index (Phi) is 3.90.